The minimum absolute atomic E-state index is 0.0586. The molecule has 7 heteroatoms. The minimum atomic E-state index is -0.170. The highest BCUT2D eigenvalue weighted by molar-refractivity contribution is 7.13. The number of hydrogen-bond acceptors (Lipinski definition) is 5. The maximum atomic E-state index is 12.2. The largest absolute Gasteiger partial charge is 0.309 e. The van der Waals surface area contributed by atoms with Crippen molar-refractivity contribution in [3.63, 3.8) is 0 Å². The second kappa shape index (κ2) is 5.49. The number of aromatic amines is 1. The van der Waals surface area contributed by atoms with Crippen molar-refractivity contribution in [2.75, 3.05) is 5.32 Å². The Labute approximate surface area is 147 Å². The van der Waals surface area contributed by atoms with Gasteiger partial charge in [-0.25, -0.2) is 4.98 Å². The van der Waals surface area contributed by atoms with Crippen LogP contribution in [0.5, 0.6) is 0 Å². The molecule has 122 valence electrons. The van der Waals surface area contributed by atoms with Gasteiger partial charge >= 0.3 is 0 Å². The predicted octanol–water partition coefficient (Wildman–Crippen LogP) is 3.56. The second-order valence-corrected chi connectivity index (χ2v) is 6.87. The maximum absolute atomic E-state index is 12.2. The highest BCUT2D eigenvalue weighted by Crippen LogP contribution is 2.42. The summed E-state index contributed by atoms with van der Waals surface area (Å²) in [4.78, 5) is 22.5. The summed E-state index contributed by atoms with van der Waals surface area (Å²) in [6, 6.07) is 11.8. The number of nitrogens with zero attached hydrogens (tertiary/aromatic N) is 3. The van der Waals surface area contributed by atoms with Crippen molar-refractivity contribution in [2.45, 2.75) is 12.3 Å². The van der Waals surface area contributed by atoms with Crippen molar-refractivity contribution >= 4 is 34.1 Å². The summed E-state index contributed by atoms with van der Waals surface area (Å²) in [5.74, 6) is 0.355. The number of benzene rings is 1. The van der Waals surface area contributed by atoms with Gasteiger partial charge in [-0.1, -0.05) is 18.2 Å². The van der Waals surface area contributed by atoms with Gasteiger partial charge in [-0.2, -0.15) is 5.10 Å². The molecule has 2 N–H and O–H groups in total. The fraction of sp³-hybridized carbons (Fsp3) is 0.111. The molecule has 1 atom stereocenters. The van der Waals surface area contributed by atoms with E-state index in [0.717, 1.165) is 32.9 Å². The average Bonchev–Trinajstić information content (AvgIpc) is 3.29. The van der Waals surface area contributed by atoms with Crippen LogP contribution in [0.4, 0.5) is 5.82 Å². The molecule has 25 heavy (non-hydrogen) atoms. The molecule has 0 aliphatic carbocycles. The Kier molecular flexibility index (Phi) is 3.14. The molecule has 5 rings (SSSR count). The molecule has 1 aromatic carbocycles. The van der Waals surface area contributed by atoms with Crippen LogP contribution in [0.1, 0.15) is 23.6 Å². The van der Waals surface area contributed by atoms with E-state index in [1.807, 2.05) is 41.8 Å². The number of amides is 1. The van der Waals surface area contributed by atoms with Gasteiger partial charge in [0.1, 0.15) is 0 Å². The average molecular weight is 347 g/mol. The van der Waals surface area contributed by atoms with E-state index in [2.05, 4.69) is 20.5 Å². The maximum Gasteiger partial charge on any atom is 0.226 e. The van der Waals surface area contributed by atoms with E-state index < -0.39 is 0 Å². The molecule has 1 unspecified atom stereocenters. The fourth-order valence-corrected chi connectivity index (χ4v) is 3.99. The molecule has 4 aromatic rings. The highest BCUT2D eigenvalue weighted by Gasteiger charge is 2.33. The number of thiophene rings is 1. The molecule has 1 aliphatic heterocycles. The molecule has 0 saturated carbocycles. The van der Waals surface area contributed by atoms with Crippen LogP contribution >= 0.6 is 11.3 Å². The van der Waals surface area contributed by atoms with E-state index in [0.29, 0.717) is 12.2 Å². The molecule has 0 saturated heterocycles. The van der Waals surface area contributed by atoms with E-state index in [9.17, 15) is 4.79 Å². The van der Waals surface area contributed by atoms with Crippen LogP contribution in [0.3, 0.4) is 0 Å². The van der Waals surface area contributed by atoms with Gasteiger partial charge < -0.3 is 5.32 Å². The zero-order valence-electron chi connectivity index (χ0n) is 13.1. The Morgan fingerprint density at radius 2 is 2.00 bits per heavy atom. The van der Waals surface area contributed by atoms with Crippen molar-refractivity contribution in [3.05, 3.63) is 59.2 Å². The number of anilines is 1. The summed E-state index contributed by atoms with van der Waals surface area (Å²) in [6.07, 6.45) is 2.10. The number of carbonyl (C=O) groups excluding carboxylic acids is 1. The molecule has 1 amide bonds. The lowest BCUT2D eigenvalue weighted by Gasteiger charge is -2.22. The van der Waals surface area contributed by atoms with Crippen LogP contribution < -0.4 is 5.32 Å². The number of nitrogens with one attached hydrogen (secondary N) is 2. The quantitative estimate of drug-likeness (QED) is 0.581. The molecule has 0 spiro atoms. The first-order chi connectivity index (χ1) is 12.3. The zero-order valence-corrected chi connectivity index (χ0v) is 13.9. The van der Waals surface area contributed by atoms with E-state index in [1.165, 1.54) is 0 Å². The third kappa shape index (κ3) is 2.32. The van der Waals surface area contributed by atoms with Gasteiger partial charge in [-0.3, -0.25) is 14.9 Å². The van der Waals surface area contributed by atoms with Crippen LogP contribution in [-0.2, 0) is 4.79 Å². The standard InChI is InChI=1S/C18H13N5OS/c24-15-8-10(13-9-19-11-4-1-2-5-12(11)20-13)16-17(14-6-3-7-25-14)22-23-18(16)21-15/h1-7,9-10H,8H2,(H2,21,22,23,24). The monoisotopic (exact) mass is 347 g/mol. The van der Waals surface area contributed by atoms with Crippen molar-refractivity contribution < 1.29 is 4.79 Å². The minimum Gasteiger partial charge on any atom is -0.309 e. The highest BCUT2D eigenvalue weighted by atomic mass is 32.1. The lowest BCUT2D eigenvalue weighted by atomic mass is 9.89. The summed E-state index contributed by atoms with van der Waals surface area (Å²) in [7, 11) is 0. The summed E-state index contributed by atoms with van der Waals surface area (Å²) in [5, 5.41) is 12.3. The summed E-state index contributed by atoms with van der Waals surface area (Å²) in [5.41, 5.74) is 4.37. The Hall–Kier alpha value is -3.06. The molecule has 0 fully saturated rings. The lowest BCUT2D eigenvalue weighted by molar-refractivity contribution is -0.116. The smallest absolute Gasteiger partial charge is 0.226 e. The first-order valence-corrected chi connectivity index (χ1v) is 8.81. The topological polar surface area (TPSA) is 83.6 Å². The molecule has 6 nitrogen and oxygen atoms in total. The molecular formula is C18H13N5OS. The molecule has 0 bridgehead atoms. The van der Waals surface area contributed by atoms with E-state index in [1.54, 1.807) is 17.5 Å². The van der Waals surface area contributed by atoms with E-state index in [4.69, 9.17) is 4.98 Å². The van der Waals surface area contributed by atoms with Crippen molar-refractivity contribution in [1.29, 1.82) is 0 Å². The molecular weight excluding hydrogens is 334 g/mol. The van der Waals surface area contributed by atoms with Gasteiger partial charge in [0.05, 0.1) is 27.3 Å². The van der Waals surface area contributed by atoms with Gasteiger partial charge in [0, 0.05) is 24.1 Å². The predicted molar refractivity (Wildman–Crippen MR) is 96.5 cm³/mol. The first-order valence-electron chi connectivity index (χ1n) is 7.93. The van der Waals surface area contributed by atoms with Crippen LogP contribution in [0.25, 0.3) is 21.6 Å². The molecule has 4 heterocycles. The van der Waals surface area contributed by atoms with Crippen LogP contribution in [0.15, 0.2) is 48.0 Å². The summed E-state index contributed by atoms with van der Waals surface area (Å²) in [6.45, 7) is 0. The number of H-pyrrole nitrogens is 1. The fourth-order valence-electron chi connectivity index (χ4n) is 3.26. The Balaban J connectivity index is 1.69. The lowest BCUT2D eigenvalue weighted by Crippen LogP contribution is -2.24. The van der Waals surface area contributed by atoms with Gasteiger partial charge in [-0.15, -0.1) is 11.3 Å². The van der Waals surface area contributed by atoms with Crippen LogP contribution in [-0.4, -0.2) is 26.1 Å². The van der Waals surface area contributed by atoms with E-state index >= 15 is 0 Å². The summed E-state index contributed by atoms with van der Waals surface area (Å²) >= 11 is 1.63. The number of aromatic nitrogens is 4. The Bertz CT molecular complexity index is 1090. The van der Waals surface area contributed by atoms with Gasteiger partial charge in [0.25, 0.3) is 0 Å². The van der Waals surface area contributed by atoms with Gasteiger partial charge in [0.15, 0.2) is 5.82 Å². The third-order valence-electron chi connectivity index (χ3n) is 4.39. The van der Waals surface area contributed by atoms with Crippen molar-refractivity contribution in [1.82, 2.24) is 20.2 Å². The van der Waals surface area contributed by atoms with Crippen molar-refractivity contribution in [3.8, 4) is 10.6 Å². The van der Waals surface area contributed by atoms with E-state index in [-0.39, 0.29) is 11.8 Å². The number of carbonyl (C=O) groups is 1. The number of para-hydroxylation sites is 2. The summed E-state index contributed by atoms with van der Waals surface area (Å²) < 4.78 is 0. The van der Waals surface area contributed by atoms with Crippen molar-refractivity contribution in [2.24, 2.45) is 0 Å². The second-order valence-electron chi connectivity index (χ2n) is 5.93. The normalized spacial score (nSPS) is 16.6. The third-order valence-corrected chi connectivity index (χ3v) is 5.28. The molecule has 0 radical (unpaired) electrons. The SMILES string of the molecule is O=C1CC(c2cnc3ccccc3n2)c2c(n[nH]c2-c2cccs2)N1. The van der Waals surface area contributed by atoms with Crippen LogP contribution in [0.2, 0.25) is 0 Å². The number of hydrogen-bond donors (Lipinski definition) is 2. The zero-order chi connectivity index (χ0) is 16.8. The Morgan fingerprint density at radius 1 is 1.12 bits per heavy atom. The van der Waals surface area contributed by atoms with Gasteiger partial charge in [0.2, 0.25) is 5.91 Å². The number of fused-ring (bicyclic) bond motifs is 2. The molecule has 3 aromatic heterocycles. The van der Waals surface area contributed by atoms with Gasteiger partial charge in [-0.05, 0) is 23.6 Å². The first kappa shape index (κ1) is 14.3. The van der Waals surface area contributed by atoms with Crippen LogP contribution in [0, 0.1) is 0 Å². The molecule has 1 aliphatic rings. The number of rotatable bonds is 2. The Morgan fingerprint density at radius 3 is 2.84 bits per heavy atom.